The highest BCUT2D eigenvalue weighted by Gasteiger charge is 2.07. The van der Waals surface area contributed by atoms with Crippen LogP contribution >= 0.6 is 11.6 Å². The van der Waals surface area contributed by atoms with Crippen LogP contribution in [0.15, 0.2) is 36.8 Å². The van der Waals surface area contributed by atoms with Gasteiger partial charge < -0.3 is 4.57 Å². The third-order valence-electron chi connectivity index (χ3n) is 3.41. The van der Waals surface area contributed by atoms with E-state index in [2.05, 4.69) is 40.5 Å². The lowest BCUT2D eigenvalue weighted by Gasteiger charge is -2.07. The number of rotatable bonds is 2. The van der Waals surface area contributed by atoms with E-state index in [1.807, 2.05) is 18.5 Å². The fourth-order valence-electron chi connectivity index (χ4n) is 2.16. The van der Waals surface area contributed by atoms with Crippen LogP contribution in [0.1, 0.15) is 16.7 Å². The van der Waals surface area contributed by atoms with Crippen LogP contribution in [0.5, 0.6) is 0 Å². The summed E-state index contributed by atoms with van der Waals surface area (Å²) in [6.07, 6.45) is 3.55. The Kier molecular flexibility index (Phi) is 2.99. The van der Waals surface area contributed by atoms with Crippen LogP contribution in [0.2, 0.25) is 5.15 Å². The highest BCUT2D eigenvalue weighted by Crippen LogP contribution is 2.21. The maximum absolute atomic E-state index is 6.10. The molecular weight excluding hydrogens is 258 g/mol. The first-order valence-electron chi connectivity index (χ1n) is 6.16. The van der Waals surface area contributed by atoms with Crippen molar-refractivity contribution in [2.45, 2.75) is 20.4 Å². The van der Waals surface area contributed by atoms with Crippen LogP contribution in [-0.4, -0.2) is 14.5 Å². The monoisotopic (exact) mass is 271 g/mol. The second-order valence-corrected chi connectivity index (χ2v) is 5.11. The Balaban J connectivity index is 2.07. The van der Waals surface area contributed by atoms with Crippen molar-refractivity contribution in [1.29, 1.82) is 0 Å². The summed E-state index contributed by atoms with van der Waals surface area (Å²) in [5.74, 6) is 0. The Morgan fingerprint density at radius 2 is 1.95 bits per heavy atom. The summed E-state index contributed by atoms with van der Waals surface area (Å²) in [5, 5.41) is 0.549. The van der Waals surface area contributed by atoms with E-state index < -0.39 is 0 Å². The highest BCUT2D eigenvalue weighted by molar-refractivity contribution is 6.30. The lowest BCUT2D eigenvalue weighted by Crippen LogP contribution is -1.99. The van der Waals surface area contributed by atoms with E-state index in [-0.39, 0.29) is 0 Å². The van der Waals surface area contributed by atoms with Crippen molar-refractivity contribution in [2.75, 3.05) is 0 Å². The summed E-state index contributed by atoms with van der Waals surface area (Å²) in [7, 11) is 0. The van der Waals surface area contributed by atoms with E-state index in [9.17, 15) is 0 Å². The van der Waals surface area contributed by atoms with Gasteiger partial charge in [-0.2, -0.15) is 0 Å². The van der Waals surface area contributed by atoms with Crippen LogP contribution in [0.25, 0.3) is 11.0 Å². The Morgan fingerprint density at radius 1 is 1.16 bits per heavy atom. The number of fused-ring (bicyclic) bond motifs is 1. The van der Waals surface area contributed by atoms with Gasteiger partial charge in [-0.15, -0.1) is 0 Å². The quantitative estimate of drug-likeness (QED) is 0.665. The van der Waals surface area contributed by atoms with Gasteiger partial charge in [-0.1, -0.05) is 17.7 Å². The van der Waals surface area contributed by atoms with Gasteiger partial charge in [-0.3, -0.25) is 0 Å². The standard InChI is InChI=1S/C15H14ClN3/c1-10-6-13-14(7-11(10)2)19(9-18-13)8-12-4-3-5-17-15(12)16/h3-7,9H,8H2,1-2H3. The van der Waals surface area contributed by atoms with Gasteiger partial charge in [0, 0.05) is 11.8 Å². The van der Waals surface area contributed by atoms with E-state index >= 15 is 0 Å². The molecule has 0 amide bonds. The minimum absolute atomic E-state index is 0.549. The molecule has 0 fully saturated rings. The molecule has 4 heteroatoms. The van der Waals surface area contributed by atoms with Gasteiger partial charge in [-0.25, -0.2) is 9.97 Å². The minimum atomic E-state index is 0.549. The van der Waals surface area contributed by atoms with E-state index in [1.54, 1.807) is 6.20 Å². The molecule has 3 nitrogen and oxygen atoms in total. The molecule has 0 aliphatic rings. The number of halogens is 1. The zero-order valence-corrected chi connectivity index (χ0v) is 11.6. The van der Waals surface area contributed by atoms with Crippen molar-refractivity contribution in [1.82, 2.24) is 14.5 Å². The molecule has 0 saturated carbocycles. The molecule has 0 aliphatic heterocycles. The van der Waals surface area contributed by atoms with Gasteiger partial charge in [0.2, 0.25) is 0 Å². The Morgan fingerprint density at radius 3 is 2.74 bits per heavy atom. The molecule has 2 heterocycles. The summed E-state index contributed by atoms with van der Waals surface area (Å²) in [5.41, 5.74) is 5.68. The fraction of sp³-hybridized carbons (Fsp3) is 0.200. The molecule has 0 atom stereocenters. The van der Waals surface area contributed by atoms with Crippen LogP contribution in [-0.2, 0) is 6.54 Å². The molecule has 0 saturated heterocycles. The highest BCUT2D eigenvalue weighted by atomic mass is 35.5. The Hall–Kier alpha value is -1.87. The molecule has 96 valence electrons. The van der Waals surface area contributed by atoms with E-state index in [4.69, 9.17) is 11.6 Å². The third kappa shape index (κ3) is 2.22. The van der Waals surface area contributed by atoms with Gasteiger partial charge in [0.1, 0.15) is 5.15 Å². The Bertz CT molecular complexity index is 746. The largest absolute Gasteiger partial charge is 0.326 e. The number of hydrogen-bond acceptors (Lipinski definition) is 2. The minimum Gasteiger partial charge on any atom is -0.326 e. The molecule has 19 heavy (non-hydrogen) atoms. The van der Waals surface area contributed by atoms with Crippen molar-refractivity contribution in [3.63, 3.8) is 0 Å². The topological polar surface area (TPSA) is 30.7 Å². The third-order valence-corrected chi connectivity index (χ3v) is 3.75. The summed E-state index contributed by atoms with van der Waals surface area (Å²) < 4.78 is 2.10. The maximum Gasteiger partial charge on any atom is 0.133 e. The average Bonchev–Trinajstić information content (AvgIpc) is 2.76. The van der Waals surface area contributed by atoms with Crippen molar-refractivity contribution >= 4 is 22.6 Å². The molecule has 0 unspecified atom stereocenters. The summed E-state index contributed by atoms with van der Waals surface area (Å²) in [6, 6.07) is 8.17. The van der Waals surface area contributed by atoms with Crippen LogP contribution < -0.4 is 0 Å². The molecule has 1 aromatic carbocycles. The van der Waals surface area contributed by atoms with Crippen LogP contribution in [0.3, 0.4) is 0 Å². The van der Waals surface area contributed by atoms with Crippen LogP contribution in [0, 0.1) is 13.8 Å². The van der Waals surface area contributed by atoms with Crippen molar-refractivity contribution in [3.8, 4) is 0 Å². The second kappa shape index (κ2) is 4.67. The molecule has 0 radical (unpaired) electrons. The molecule has 0 N–H and O–H groups in total. The predicted octanol–water partition coefficient (Wildman–Crippen LogP) is 3.75. The number of aromatic nitrogens is 3. The average molecular weight is 272 g/mol. The summed E-state index contributed by atoms with van der Waals surface area (Å²) in [6.45, 7) is 4.90. The van der Waals surface area contributed by atoms with Gasteiger partial charge in [0.15, 0.2) is 0 Å². The van der Waals surface area contributed by atoms with Crippen molar-refractivity contribution in [3.05, 3.63) is 58.6 Å². The molecule has 3 rings (SSSR count). The molecule has 3 aromatic rings. The van der Waals surface area contributed by atoms with Crippen LogP contribution in [0.4, 0.5) is 0 Å². The fourth-order valence-corrected chi connectivity index (χ4v) is 2.34. The first-order valence-corrected chi connectivity index (χ1v) is 6.54. The van der Waals surface area contributed by atoms with Gasteiger partial charge in [0.05, 0.1) is 23.9 Å². The normalized spacial score (nSPS) is 11.1. The van der Waals surface area contributed by atoms with E-state index in [0.717, 1.165) is 16.6 Å². The first-order chi connectivity index (χ1) is 9.15. The summed E-state index contributed by atoms with van der Waals surface area (Å²) in [4.78, 5) is 8.55. The summed E-state index contributed by atoms with van der Waals surface area (Å²) >= 11 is 6.10. The van der Waals surface area contributed by atoms with Gasteiger partial charge >= 0.3 is 0 Å². The maximum atomic E-state index is 6.10. The zero-order chi connectivity index (χ0) is 13.4. The Labute approximate surface area is 116 Å². The van der Waals surface area contributed by atoms with Gasteiger partial charge in [0.25, 0.3) is 0 Å². The lowest BCUT2D eigenvalue weighted by molar-refractivity contribution is 0.819. The number of benzene rings is 1. The number of imidazole rings is 1. The molecule has 0 bridgehead atoms. The smallest absolute Gasteiger partial charge is 0.133 e. The molecule has 2 aromatic heterocycles. The second-order valence-electron chi connectivity index (χ2n) is 4.75. The van der Waals surface area contributed by atoms with Crippen molar-refractivity contribution in [2.24, 2.45) is 0 Å². The molecule has 0 aliphatic carbocycles. The molecule has 0 spiro atoms. The number of aryl methyl sites for hydroxylation is 2. The SMILES string of the molecule is Cc1cc2ncn(Cc3cccnc3Cl)c2cc1C. The predicted molar refractivity (Wildman–Crippen MR) is 77.6 cm³/mol. The number of pyridine rings is 1. The van der Waals surface area contributed by atoms with Crippen molar-refractivity contribution < 1.29 is 0 Å². The molecular formula is C15H14ClN3. The number of nitrogens with zero attached hydrogens (tertiary/aromatic N) is 3. The first kappa shape index (κ1) is 12.2. The zero-order valence-electron chi connectivity index (χ0n) is 10.9. The lowest BCUT2D eigenvalue weighted by atomic mass is 10.1. The van der Waals surface area contributed by atoms with E-state index in [0.29, 0.717) is 11.7 Å². The van der Waals surface area contributed by atoms with E-state index in [1.165, 1.54) is 11.1 Å². The number of hydrogen-bond donors (Lipinski definition) is 0. The van der Waals surface area contributed by atoms with Gasteiger partial charge in [-0.05, 0) is 43.2 Å².